The topological polar surface area (TPSA) is 95.9 Å². The molecule has 0 radical (unpaired) electrons. The molecule has 0 fully saturated rings. The first kappa shape index (κ1) is 21.9. The number of fused-ring (bicyclic) bond motifs is 1. The Kier molecular flexibility index (Phi) is 6.55. The number of hydrogen-bond donors (Lipinski definition) is 3. The molecule has 1 unspecified atom stereocenters. The first-order valence-electron chi connectivity index (χ1n) is 10.5. The van der Waals surface area contributed by atoms with Crippen LogP contribution in [0.15, 0.2) is 91.0 Å². The van der Waals surface area contributed by atoms with Gasteiger partial charge in [-0.2, -0.15) is 0 Å². The standard InChI is InChI=1S/C27H23NO5/c29-23-8-4-7-19(13-23)17-33-24-12-11-20-15-22(10-9-21(20)16-24)26(30)28-25(27(31)32)14-18-5-2-1-3-6-18/h1-13,15-16,25,29H,14,17H2,(H,28,30)(H,31,32). The molecule has 0 aromatic heterocycles. The van der Waals surface area contributed by atoms with Gasteiger partial charge in [-0.15, -0.1) is 0 Å². The second kappa shape index (κ2) is 9.87. The van der Waals surface area contributed by atoms with Crippen molar-refractivity contribution in [1.29, 1.82) is 0 Å². The quantitative estimate of drug-likeness (QED) is 0.373. The lowest BCUT2D eigenvalue weighted by Gasteiger charge is -2.15. The number of carboxylic acids is 1. The molecule has 0 aliphatic heterocycles. The second-order valence-electron chi connectivity index (χ2n) is 7.74. The van der Waals surface area contributed by atoms with Gasteiger partial charge in [0, 0.05) is 12.0 Å². The highest BCUT2D eigenvalue weighted by atomic mass is 16.5. The lowest BCUT2D eigenvalue weighted by Crippen LogP contribution is -2.42. The van der Waals surface area contributed by atoms with Crippen molar-refractivity contribution in [1.82, 2.24) is 5.32 Å². The number of phenols is 1. The second-order valence-corrected chi connectivity index (χ2v) is 7.74. The van der Waals surface area contributed by atoms with Gasteiger partial charge in [-0.05, 0) is 58.3 Å². The van der Waals surface area contributed by atoms with E-state index in [2.05, 4.69) is 5.32 Å². The summed E-state index contributed by atoms with van der Waals surface area (Å²) in [6.45, 7) is 0.318. The average molecular weight is 441 g/mol. The van der Waals surface area contributed by atoms with Gasteiger partial charge in [-0.25, -0.2) is 4.79 Å². The fourth-order valence-corrected chi connectivity index (χ4v) is 3.56. The third-order valence-electron chi connectivity index (χ3n) is 5.28. The van der Waals surface area contributed by atoms with Gasteiger partial charge in [0.2, 0.25) is 0 Å². The minimum atomic E-state index is -1.08. The van der Waals surface area contributed by atoms with Crippen LogP contribution in [-0.4, -0.2) is 28.1 Å². The molecule has 4 rings (SSSR count). The summed E-state index contributed by atoms with van der Waals surface area (Å²) in [6, 6.07) is 25.8. The minimum Gasteiger partial charge on any atom is -0.508 e. The van der Waals surface area contributed by atoms with Crippen molar-refractivity contribution in [2.24, 2.45) is 0 Å². The molecular weight excluding hydrogens is 418 g/mol. The van der Waals surface area contributed by atoms with Crippen LogP contribution in [0.1, 0.15) is 21.5 Å². The van der Waals surface area contributed by atoms with E-state index < -0.39 is 17.9 Å². The number of rotatable bonds is 8. The lowest BCUT2D eigenvalue weighted by molar-refractivity contribution is -0.139. The maximum atomic E-state index is 12.7. The van der Waals surface area contributed by atoms with E-state index in [1.54, 1.807) is 36.4 Å². The summed E-state index contributed by atoms with van der Waals surface area (Å²) >= 11 is 0. The van der Waals surface area contributed by atoms with Gasteiger partial charge in [-0.3, -0.25) is 4.79 Å². The van der Waals surface area contributed by atoms with Gasteiger partial charge < -0.3 is 20.3 Å². The van der Waals surface area contributed by atoms with E-state index in [4.69, 9.17) is 4.74 Å². The van der Waals surface area contributed by atoms with Crippen LogP contribution in [0, 0.1) is 0 Å². The van der Waals surface area contributed by atoms with E-state index in [-0.39, 0.29) is 12.2 Å². The van der Waals surface area contributed by atoms with Crippen molar-refractivity contribution < 1.29 is 24.5 Å². The Labute approximate surface area is 191 Å². The molecule has 0 aliphatic rings. The van der Waals surface area contributed by atoms with Gasteiger partial charge in [0.1, 0.15) is 24.1 Å². The van der Waals surface area contributed by atoms with Crippen LogP contribution in [0.5, 0.6) is 11.5 Å². The number of ether oxygens (including phenoxy) is 1. The fourth-order valence-electron chi connectivity index (χ4n) is 3.56. The van der Waals surface area contributed by atoms with Crippen molar-refractivity contribution in [2.45, 2.75) is 19.1 Å². The van der Waals surface area contributed by atoms with Crippen molar-refractivity contribution in [3.8, 4) is 11.5 Å². The molecule has 6 nitrogen and oxygen atoms in total. The predicted octanol–water partition coefficient (Wildman–Crippen LogP) is 4.55. The van der Waals surface area contributed by atoms with Crippen molar-refractivity contribution in [2.75, 3.05) is 0 Å². The number of nitrogens with one attached hydrogen (secondary N) is 1. The van der Waals surface area contributed by atoms with Gasteiger partial charge in [0.15, 0.2) is 0 Å². The molecule has 4 aromatic rings. The van der Waals surface area contributed by atoms with E-state index in [0.29, 0.717) is 17.9 Å². The normalized spacial score (nSPS) is 11.6. The molecular formula is C27H23NO5. The van der Waals surface area contributed by atoms with E-state index in [1.807, 2.05) is 54.6 Å². The molecule has 1 atom stereocenters. The highest BCUT2D eigenvalue weighted by Gasteiger charge is 2.21. The van der Waals surface area contributed by atoms with Crippen molar-refractivity contribution >= 4 is 22.6 Å². The number of aliphatic carboxylic acids is 1. The van der Waals surface area contributed by atoms with Crippen LogP contribution < -0.4 is 10.1 Å². The molecule has 3 N–H and O–H groups in total. The summed E-state index contributed by atoms with van der Waals surface area (Å²) in [6.07, 6.45) is 0.204. The van der Waals surface area contributed by atoms with E-state index in [0.717, 1.165) is 21.9 Å². The molecule has 0 bridgehead atoms. The first-order chi connectivity index (χ1) is 16.0. The summed E-state index contributed by atoms with van der Waals surface area (Å²) in [4.78, 5) is 24.4. The monoisotopic (exact) mass is 441 g/mol. The zero-order valence-corrected chi connectivity index (χ0v) is 17.8. The highest BCUT2D eigenvalue weighted by molar-refractivity contribution is 6.00. The van der Waals surface area contributed by atoms with Crippen LogP contribution in [0.4, 0.5) is 0 Å². The Morgan fingerprint density at radius 2 is 1.55 bits per heavy atom. The first-order valence-corrected chi connectivity index (χ1v) is 10.5. The molecule has 4 aromatic carbocycles. The number of phenolic OH excluding ortho intramolecular Hbond substituents is 1. The number of amides is 1. The number of carbonyl (C=O) groups is 2. The molecule has 0 aliphatic carbocycles. The number of hydrogen-bond acceptors (Lipinski definition) is 4. The Hall–Kier alpha value is -4.32. The SMILES string of the molecule is O=C(NC(Cc1ccccc1)C(=O)O)c1ccc2cc(OCc3cccc(O)c3)ccc2c1. The van der Waals surface area contributed by atoms with Crippen LogP contribution >= 0.6 is 0 Å². The summed E-state index contributed by atoms with van der Waals surface area (Å²) < 4.78 is 5.81. The Morgan fingerprint density at radius 1 is 0.818 bits per heavy atom. The Bertz CT molecular complexity index is 1290. The average Bonchev–Trinajstić information content (AvgIpc) is 2.82. The molecule has 33 heavy (non-hydrogen) atoms. The summed E-state index contributed by atoms with van der Waals surface area (Å²) in [5.41, 5.74) is 2.07. The maximum Gasteiger partial charge on any atom is 0.326 e. The molecule has 166 valence electrons. The van der Waals surface area contributed by atoms with Crippen LogP contribution in [0.25, 0.3) is 10.8 Å². The number of carboxylic acid groups (broad SMARTS) is 1. The van der Waals surface area contributed by atoms with Crippen LogP contribution in [0.2, 0.25) is 0 Å². The van der Waals surface area contributed by atoms with Crippen LogP contribution in [0.3, 0.4) is 0 Å². The number of aromatic hydroxyl groups is 1. The third-order valence-corrected chi connectivity index (χ3v) is 5.28. The Morgan fingerprint density at radius 3 is 2.30 bits per heavy atom. The van der Waals surface area contributed by atoms with Crippen molar-refractivity contribution in [3.63, 3.8) is 0 Å². The lowest BCUT2D eigenvalue weighted by atomic mass is 10.0. The van der Waals surface area contributed by atoms with Gasteiger partial charge in [0.25, 0.3) is 5.91 Å². The van der Waals surface area contributed by atoms with E-state index in [9.17, 15) is 19.8 Å². The molecule has 0 saturated carbocycles. The largest absolute Gasteiger partial charge is 0.508 e. The molecule has 0 spiro atoms. The zero-order valence-electron chi connectivity index (χ0n) is 17.8. The smallest absolute Gasteiger partial charge is 0.326 e. The molecule has 0 saturated heterocycles. The van der Waals surface area contributed by atoms with E-state index in [1.165, 1.54) is 0 Å². The summed E-state index contributed by atoms with van der Waals surface area (Å²) in [7, 11) is 0. The molecule has 6 heteroatoms. The number of benzene rings is 4. The third kappa shape index (κ3) is 5.68. The predicted molar refractivity (Wildman–Crippen MR) is 125 cm³/mol. The van der Waals surface area contributed by atoms with Crippen LogP contribution in [-0.2, 0) is 17.8 Å². The molecule has 0 heterocycles. The van der Waals surface area contributed by atoms with Crippen molar-refractivity contribution in [3.05, 3.63) is 108 Å². The van der Waals surface area contributed by atoms with Gasteiger partial charge >= 0.3 is 5.97 Å². The molecule has 1 amide bonds. The van der Waals surface area contributed by atoms with Gasteiger partial charge in [-0.1, -0.05) is 54.6 Å². The van der Waals surface area contributed by atoms with E-state index >= 15 is 0 Å². The Balaban J connectivity index is 1.45. The number of carbonyl (C=O) groups excluding carboxylic acids is 1. The maximum absolute atomic E-state index is 12.7. The summed E-state index contributed by atoms with van der Waals surface area (Å²) in [5, 5.41) is 23.4. The summed E-state index contributed by atoms with van der Waals surface area (Å²) in [5.74, 6) is -0.669. The zero-order chi connectivity index (χ0) is 23.2. The minimum absolute atomic E-state index is 0.189. The fraction of sp³-hybridized carbons (Fsp3) is 0.111. The van der Waals surface area contributed by atoms with Gasteiger partial charge in [0.05, 0.1) is 0 Å². The highest BCUT2D eigenvalue weighted by Crippen LogP contribution is 2.23.